The Balaban J connectivity index is 1.18. The Morgan fingerprint density at radius 3 is 1.72 bits per heavy atom. The van der Waals surface area contributed by atoms with Crippen LogP contribution in [0, 0.1) is 0 Å². The van der Waals surface area contributed by atoms with E-state index in [-0.39, 0.29) is 0 Å². The smallest absolute Gasteiger partial charge is 0.132 e. The zero-order chi connectivity index (χ0) is 38.0. The van der Waals surface area contributed by atoms with Crippen molar-refractivity contribution >= 4 is 49.2 Å². The summed E-state index contributed by atoms with van der Waals surface area (Å²) in [7, 11) is 0. The molecule has 0 unspecified atom stereocenters. The minimum Gasteiger partial charge on any atom is -0.457 e. The maximum absolute atomic E-state index is 6.83. The fourth-order valence-corrected chi connectivity index (χ4v) is 11.0. The quantitative estimate of drug-likeness (QED) is 0.161. The van der Waals surface area contributed by atoms with Crippen LogP contribution in [0.4, 0.5) is 0 Å². The van der Waals surface area contributed by atoms with Crippen molar-refractivity contribution in [1.82, 2.24) is 0 Å². The Hall–Kier alpha value is -7.22. The summed E-state index contributed by atoms with van der Waals surface area (Å²) in [5.41, 5.74) is 14.8. The molecule has 1 heteroatoms. The lowest BCUT2D eigenvalue weighted by atomic mass is 9.65. The van der Waals surface area contributed by atoms with Crippen LogP contribution >= 0.6 is 0 Å². The summed E-state index contributed by atoms with van der Waals surface area (Å²) in [6.45, 7) is 0. The highest BCUT2D eigenvalue weighted by atomic mass is 16.5. The summed E-state index contributed by atoms with van der Waals surface area (Å²) in [5.74, 6) is 1.81. The summed E-state index contributed by atoms with van der Waals surface area (Å²) in [6.07, 6.45) is 6.77. The molecule has 10 aromatic rings. The van der Waals surface area contributed by atoms with E-state index in [1.54, 1.807) is 0 Å². The molecule has 0 atom stereocenters. The SMILES string of the molecule is C1=Cc2c(c(-c3ccc4c(c3)C3(c5ccccc5Oc5ccccc53)c3cc(-c5cc6ccccc6c6ccccc56)c5ccccc5c3-4)cc3ccccc23)CC1. The van der Waals surface area contributed by atoms with E-state index >= 15 is 0 Å². The third kappa shape index (κ3) is 4.20. The molecule has 0 radical (unpaired) electrons. The molecule has 1 spiro atoms. The van der Waals surface area contributed by atoms with Gasteiger partial charge in [0.1, 0.15) is 11.5 Å². The minimum absolute atomic E-state index is 0.631. The van der Waals surface area contributed by atoms with Crippen molar-refractivity contribution < 1.29 is 4.74 Å². The third-order valence-electron chi connectivity index (χ3n) is 13.4. The normalized spacial score (nSPS) is 14.3. The van der Waals surface area contributed by atoms with Crippen LogP contribution in [0.2, 0.25) is 0 Å². The Morgan fingerprint density at radius 1 is 0.397 bits per heavy atom. The summed E-state index contributed by atoms with van der Waals surface area (Å²) in [4.78, 5) is 0. The van der Waals surface area contributed by atoms with Crippen LogP contribution in [0.15, 0.2) is 188 Å². The minimum atomic E-state index is -0.631. The van der Waals surface area contributed by atoms with Gasteiger partial charge in [-0.1, -0.05) is 158 Å². The lowest BCUT2D eigenvalue weighted by Crippen LogP contribution is -2.32. The van der Waals surface area contributed by atoms with Gasteiger partial charge in [-0.3, -0.25) is 0 Å². The molecule has 0 saturated heterocycles. The topological polar surface area (TPSA) is 9.23 Å². The Bertz CT molecular complexity index is 3390. The number of rotatable bonds is 2. The van der Waals surface area contributed by atoms with Gasteiger partial charge in [-0.05, 0) is 148 Å². The van der Waals surface area contributed by atoms with Gasteiger partial charge in [0.15, 0.2) is 0 Å². The van der Waals surface area contributed by atoms with Gasteiger partial charge in [0.25, 0.3) is 0 Å². The molecule has 0 bridgehead atoms. The highest BCUT2D eigenvalue weighted by Gasteiger charge is 2.52. The first-order chi connectivity index (χ1) is 28.8. The number of fused-ring (bicyclic) bond motifs is 17. The molecule has 58 heavy (non-hydrogen) atoms. The van der Waals surface area contributed by atoms with Crippen LogP contribution in [0.5, 0.6) is 11.5 Å². The number of benzene rings is 10. The number of hydrogen-bond acceptors (Lipinski definition) is 1. The molecule has 13 rings (SSSR count). The molecule has 1 nitrogen and oxygen atoms in total. The largest absolute Gasteiger partial charge is 0.457 e. The number of ether oxygens (including phenoxy) is 1. The number of para-hydroxylation sites is 2. The second kappa shape index (κ2) is 11.9. The van der Waals surface area contributed by atoms with Gasteiger partial charge < -0.3 is 4.74 Å². The van der Waals surface area contributed by atoms with E-state index in [9.17, 15) is 0 Å². The molecular weight excluding hydrogens is 701 g/mol. The maximum Gasteiger partial charge on any atom is 0.132 e. The lowest BCUT2D eigenvalue weighted by Gasteiger charge is -2.39. The van der Waals surface area contributed by atoms with Crippen molar-refractivity contribution in [3.8, 4) is 44.9 Å². The average Bonchev–Trinajstić information content (AvgIpc) is 3.58. The number of allylic oxidation sites excluding steroid dienone is 1. The zero-order valence-corrected chi connectivity index (χ0v) is 31.8. The predicted molar refractivity (Wildman–Crippen MR) is 242 cm³/mol. The van der Waals surface area contributed by atoms with E-state index in [1.165, 1.54) is 110 Å². The molecule has 3 aliphatic rings. The van der Waals surface area contributed by atoms with Crippen LogP contribution in [0.3, 0.4) is 0 Å². The van der Waals surface area contributed by atoms with E-state index in [0.717, 1.165) is 24.3 Å². The van der Waals surface area contributed by atoms with E-state index in [2.05, 4.69) is 194 Å². The summed E-state index contributed by atoms with van der Waals surface area (Å²) < 4.78 is 6.83. The molecule has 0 fully saturated rings. The maximum atomic E-state index is 6.83. The Labute approximate surface area is 337 Å². The molecule has 0 saturated carbocycles. The Morgan fingerprint density at radius 2 is 0.966 bits per heavy atom. The second-order valence-corrected chi connectivity index (χ2v) is 16.2. The van der Waals surface area contributed by atoms with Gasteiger partial charge in [0.2, 0.25) is 0 Å². The molecule has 1 heterocycles. The molecular formula is C57H36O. The first-order valence-electron chi connectivity index (χ1n) is 20.5. The van der Waals surface area contributed by atoms with Gasteiger partial charge in [-0.2, -0.15) is 0 Å². The highest BCUT2D eigenvalue weighted by molar-refractivity contribution is 6.18. The van der Waals surface area contributed by atoms with Gasteiger partial charge >= 0.3 is 0 Å². The fourth-order valence-electron chi connectivity index (χ4n) is 11.0. The van der Waals surface area contributed by atoms with Crippen LogP contribution < -0.4 is 4.74 Å². The molecule has 270 valence electrons. The molecule has 0 amide bonds. The summed E-state index contributed by atoms with van der Waals surface area (Å²) >= 11 is 0. The van der Waals surface area contributed by atoms with Crippen molar-refractivity contribution in [3.63, 3.8) is 0 Å². The van der Waals surface area contributed by atoms with Crippen LogP contribution in [0.25, 0.3) is 82.5 Å². The van der Waals surface area contributed by atoms with Gasteiger partial charge in [0, 0.05) is 11.1 Å². The van der Waals surface area contributed by atoms with E-state index in [4.69, 9.17) is 4.74 Å². The van der Waals surface area contributed by atoms with E-state index < -0.39 is 5.41 Å². The van der Waals surface area contributed by atoms with Crippen molar-refractivity contribution in [3.05, 3.63) is 221 Å². The van der Waals surface area contributed by atoms with Crippen molar-refractivity contribution in [1.29, 1.82) is 0 Å². The number of hydrogen-bond donors (Lipinski definition) is 0. The standard InChI is InChI=1S/C57H36O/c1-3-17-38-35(15-1)31-47(42-21-7-5-19-40(38)42)37-29-30-46-52(33-37)57(50-25-11-13-27-54(50)58-55-28-14-12-26-51(55)57)53-34-49(44-23-9-10-24-45(44)56(46)53)48-32-36-16-2-4-18-39(36)41-20-6-8-22-43(41)48/h1-6,8-20,22-34H,7,21H2. The van der Waals surface area contributed by atoms with Gasteiger partial charge in [0.05, 0.1) is 5.41 Å². The molecule has 10 aromatic carbocycles. The third-order valence-corrected chi connectivity index (χ3v) is 13.4. The van der Waals surface area contributed by atoms with E-state index in [0.29, 0.717) is 0 Å². The van der Waals surface area contributed by atoms with Crippen LogP contribution in [-0.4, -0.2) is 0 Å². The highest BCUT2D eigenvalue weighted by Crippen LogP contribution is 2.64. The summed E-state index contributed by atoms with van der Waals surface area (Å²) in [6, 6.07) is 68.0. The predicted octanol–water partition coefficient (Wildman–Crippen LogP) is 15.1. The first-order valence-corrected chi connectivity index (χ1v) is 20.5. The average molecular weight is 737 g/mol. The van der Waals surface area contributed by atoms with Gasteiger partial charge in [-0.25, -0.2) is 0 Å². The van der Waals surface area contributed by atoms with Crippen molar-refractivity contribution in [2.24, 2.45) is 0 Å². The molecule has 2 aliphatic carbocycles. The van der Waals surface area contributed by atoms with Crippen LogP contribution in [-0.2, 0) is 11.8 Å². The van der Waals surface area contributed by atoms with Gasteiger partial charge in [-0.15, -0.1) is 0 Å². The van der Waals surface area contributed by atoms with Crippen molar-refractivity contribution in [2.75, 3.05) is 0 Å². The zero-order valence-electron chi connectivity index (χ0n) is 31.8. The molecule has 1 aliphatic heterocycles. The summed E-state index contributed by atoms with van der Waals surface area (Å²) in [5, 5.41) is 10.2. The van der Waals surface area contributed by atoms with Crippen molar-refractivity contribution in [2.45, 2.75) is 18.3 Å². The molecule has 0 N–H and O–H groups in total. The fraction of sp³-hybridized carbons (Fsp3) is 0.0526. The lowest BCUT2D eigenvalue weighted by molar-refractivity contribution is 0.436. The first kappa shape index (κ1) is 31.9. The molecule has 0 aromatic heterocycles. The van der Waals surface area contributed by atoms with E-state index in [1.807, 2.05) is 0 Å². The monoisotopic (exact) mass is 736 g/mol. The Kier molecular flexibility index (Phi) is 6.55. The second-order valence-electron chi connectivity index (χ2n) is 16.2. The van der Waals surface area contributed by atoms with Crippen LogP contribution in [0.1, 0.15) is 39.8 Å².